The Hall–Kier alpha value is -2.34. The molecule has 24 heavy (non-hydrogen) atoms. The first-order valence-corrected chi connectivity index (χ1v) is 7.73. The van der Waals surface area contributed by atoms with E-state index in [4.69, 9.17) is 5.26 Å². The Kier molecular flexibility index (Phi) is 4.57. The first kappa shape index (κ1) is 16.5. The maximum absolute atomic E-state index is 12.7. The van der Waals surface area contributed by atoms with Crippen LogP contribution in [0, 0.1) is 11.3 Å². The lowest BCUT2D eigenvalue weighted by Gasteiger charge is -2.32. The summed E-state index contributed by atoms with van der Waals surface area (Å²) >= 11 is 0. The van der Waals surface area contributed by atoms with Crippen molar-refractivity contribution in [2.24, 2.45) is 0 Å². The summed E-state index contributed by atoms with van der Waals surface area (Å²) in [5.74, 6) is 0.0228. The Morgan fingerprint density at radius 3 is 2.88 bits per heavy atom. The Morgan fingerprint density at radius 2 is 2.21 bits per heavy atom. The molecule has 1 atom stereocenters. The molecule has 6 nitrogen and oxygen atoms in total. The number of aromatic amines is 1. The number of piperidine rings is 1. The van der Waals surface area contributed by atoms with E-state index < -0.39 is 11.9 Å². The smallest absolute Gasteiger partial charge is 0.301 e. The molecule has 0 spiro atoms. The van der Waals surface area contributed by atoms with Gasteiger partial charge in [-0.1, -0.05) is 0 Å². The second kappa shape index (κ2) is 6.65. The molecule has 3 rings (SSSR count). The molecule has 0 radical (unpaired) electrons. The summed E-state index contributed by atoms with van der Waals surface area (Å²) in [5, 5.41) is 18.8. The number of H-pyrrole nitrogens is 1. The predicted octanol–water partition coefficient (Wildman–Crippen LogP) is 2.38. The topological polar surface area (TPSA) is 73.5 Å². The Labute approximate surface area is 136 Å². The molecule has 9 heteroatoms. The van der Waals surface area contributed by atoms with E-state index in [2.05, 4.69) is 20.2 Å². The molecule has 3 heterocycles. The normalized spacial score (nSPS) is 19.3. The molecule has 0 aromatic carbocycles. The van der Waals surface area contributed by atoms with E-state index in [1.165, 1.54) is 6.20 Å². The van der Waals surface area contributed by atoms with Gasteiger partial charge >= 0.3 is 6.18 Å². The Bertz CT molecular complexity index is 726. The van der Waals surface area contributed by atoms with Gasteiger partial charge in [0.2, 0.25) is 0 Å². The summed E-state index contributed by atoms with van der Waals surface area (Å²) in [6.07, 6.45) is 0.555. The molecule has 1 aliphatic heterocycles. The summed E-state index contributed by atoms with van der Waals surface area (Å²) in [6.45, 7) is 2.98. The zero-order valence-electron chi connectivity index (χ0n) is 12.9. The highest BCUT2D eigenvalue weighted by Gasteiger charge is 2.35. The summed E-state index contributed by atoms with van der Waals surface area (Å²) in [4.78, 5) is 2.20. The van der Waals surface area contributed by atoms with Gasteiger partial charge in [-0.3, -0.25) is 9.78 Å². The van der Waals surface area contributed by atoms with E-state index in [1.807, 2.05) is 6.07 Å². The average Bonchev–Trinajstić information content (AvgIpc) is 3.22. The lowest BCUT2D eigenvalue weighted by Crippen LogP contribution is -2.36. The SMILES string of the molecule is N#Cc1cnn(CCN2CCC[C@@H](c3cc(C(F)(F)F)n[nH]3)C2)c1. The molecule has 128 valence electrons. The molecule has 0 amide bonds. The first-order valence-electron chi connectivity index (χ1n) is 7.73. The number of hydrogen-bond acceptors (Lipinski definition) is 4. The van der Waals surface area contributed by atoms with Crippen molar-refractivity contribution in [1.29, 1.82) is 5.26 Å². The fraction of sp³-hybridized carbons (Fsp3) is 0.533. The predicted molar refractivity (Wildman–Crippen MR) is 78.9 cm³/mol. The van der Waals surface area contributed by atoms with Gasteiger partial charge in [-0.15, -0.1) is 0 Å². The Balaban J connectivity index is 1.58. The van der Waals surface area contributed by atoms with Gasteiger partial charge in [0.15, 0.2) is 5.69 Å². The van der Waals surface area contributed by atoms with Crippen molar-refractivity contribution in [2.75, 3.05) is 19.6 Å². The van der Waals surface area contributed by atoms with E-state index in [0.717, 1.165) is 32.0 Å². The van der Waals surface area contributed by atoms with Crippen LogP contribution in [0.4, 0.5) is 13.2 Å². The molecular weight excluding hydrogens is 321 g/mol. The van der Waals surface area contributed by atoms with Crippen molar-refractivity contribution >= 4 is 0 Å². The summed E-state index contributed by atoms with van der Waals surface area (Å²) in [6, 6.07) is 3.14. The van der Waals surface area contributed by atoms with Crippen LogP contribution in [-0.4, -0.2) is 44.5 Å². The van der Waals surface area contributed by atoms with Crippen LogP contribution in [-0.2, 0) is 12.7 Å². The third kappa shape index (κ3) is 3.76. The van der Waals surface area contributed by atoms with Crippen LogP contribution >= 0.6 is 0 Å². The number of aromatic nitrogens is 4. The highest BCUT2D eigenvalue weighted by molar-refractivity contribution is 5.21. The first-order chi connectivity index (χ1) is 11.5. The minimum Gasteiger partial charge on any atom is -0.301 e. The number of nitrogens with one attached hydrogen (secondary N) is 1. The molecule has 0 saturated carbocycles. The zero-order chi connectivity index (χ0) is 17.2. The van der Waals surface area contributed by atoms with Crippen LogP contribution in [0.3, 0.4) is 0 Å². The highest BCUT2D eigenvalue weighted by atomic mass is 19.4. The second-order valence-corrected chi connectivity index (χ2v) is 5.95. The monoisotopic (exact) mass is 338 g/mol. The Morgan fingerprint density at radius 1 is 1.38 bits per heavy atom. The van der Waals surface area contributed by atoms with Gasteiger partial charge in [0.1, 0.15) is 6.07 Å². The van der Waals surface area contributed by atoms with Gasteiger partial charge in [0.05, 0.1) is 18.3 Å². The van der Waals surface area contributed by atoms with Crippen molar-refractivity contribution in [2.45, 2.75) is 31.5 Å². The van der Waals surface area contributed by atoms with E-state index in [-0.39, 0.29) is 5.92 Å². The van der Waals surface area contributed by atoms with Crippen LogP contribution in [0.1, 0.15) is 35.7 Å². The summed E-state index contributed by atoms with van der Waals surface area (Å²) < 4.78 is 39.7. The van der Waals surface area contributed by atoms with Gasteiger partial charge < -0.3 is 4.90 Å². The van der Waals surface area contributed by atoms with Crippen LogP contribution in [0.5, 0.6) is 0 Å². The average molecular weight is 338 g/mol. The third-order valence-corrected chi connectivity index (χ3v) is 4.24. The molecule has 1 N–H and O–H groups in total. The minimum atomic E-state index is -4.42. The van der Waals surface area contributed by atoms with Crippen LogP contribution < -0.4 is 0 Å². The number of rotatable bonds is 4. The highest BCUT2D eigenvalue weighted by Crippen LogP contribution is 2.31. The number of halogens is 3. The van der Waals surface area contributed by atoms with Crippen LogP contribution in [0.15, 0.2) is 18.5 Å². The minimum absolute atomic E-state index is 0.0228. The number of likely N-dealkylation sites (tertiary alicyclic amines) is 1. The largest absolute Gasteiger partial charge is 0.435 e. The summed E-state index contributed by atoms with van der Waals surface area (Å²) in [7, 11) is 0. The fourth-order valence-corrected chi connectivity index (χ4v) is 2.99. The zero-order valence-corrected chi connectivity index (χ0v) is 12.9. The lowest BCUT2D eigenvalue weighted by molar-refractivity contribution is -0.141. The van der Waals surface area contributed by atoms with Gasteiger partial charge in [-0.2, -0.15) is 28.6 Å². The van der Waals surface area contributed by atoms with Crippen molar-refractivity contribution < 1.29 is 13.2 Å². The third-order valence-electron chi connectivity index (χ3n) is 4.24. The standard InChI is InChI=1S/C15H17F3N6/c16-15(17,18)14-6-13(21-22-14)12-2-1-3-23(10-12)4-5-24-9-11(7-19)8-20-24/h6,8-9,12H,1-5,10H2,(H,21,22)/t12-/m1/s1. The van der Waals surface area contributed by atoms with Crippen molar-refractivity contribution in [3.8, 4) is 6.07 Å². The molecular formula is C15H17F3N6. The number of alkyl halides is 3. The quantitative estimate of drug-likeness (QED) is 0.929. The van der Waals surface area contributed by atoms with E-state index >= 15 is 0 Å². The molecule has 0 aliphatic carbocycles. The second-order valence-electron chi connectivity index (χ2n) is 5.95. The maximum atomic E-state index is 12.7. The van der Waals surface area contributed by atoms with Crippen molar-refractivity contribution in [3.05, 3.63) is 35.4 Å². The number of nitrogens with zero attached hydrogens (tertiary/aromatic N) is 5. The van der Waals surface area contributed by atoms with Crippen molar-refractivity contribution in [1.82, 2.24) is 24.9 Å². The maximum Gasteiger partial charge on any atom is 0.435 e. The number of nitriles is 1. The van der Waals surface area contributed by atoms with Gasteiger partial charge in [-0.25, -0.2) is 0 Å². The van der Waals surface area contributed by atoms with E-state index in [9.17, 15) is 13.2 Å². The number of hydrogen-bond donors (Lipinski definition) is 1. The van der Waals surface area contributed by atoms with Gasteiger partial charge in [0, 0.05) is 30.9 Å². The molecule has 2 aromatic rings. The fourth-order valence-electron chi connectivity index (χ4n) is 2.99. The van der Waals surface area contributed by atoms with E-state index in [1.54, 1.807) is 10.9 Å². The van der Waals surface area contributed by atoms with Crippen LogP contribution in [0.25, 0.3) is 0 Å². The molecule has 1 saturated heterocycles. The van der Waals surface area contributed by atoms with Gasteiger partial charge in [-0.05, 0) is 25.5 Å². The molecule has 1 fully saturated rings. The molecule has 2 aromatic heterocycles. The molecule has 0 unspecified atom stereocenters. The summed E-state index contributed by atoms with van der Waals surface area (Å²) in [5.41, 5.74) is 0.191. The van der Waals surface area contributed by atoms with Crippen LogP contribution in [0.2, 0.25) is 0 Å². The lowest BCUT2D eigenvalue weighted by atomic mass is 9.94. The van der Waals surface area contributed by atoms with Gasteiger partial charge in [0.25, 0.3) is 0 Å². The molecule has 1 aliphatic rings. The van der Waals surface area contributed by atoms with E-state index in [0.29, 0.717) is 24.3 Å². The molecule has 0 bridgehead atoms. The van der Waals surface area contributed by atoms with Crippen molar-refractivity contribution in [3.63, 3.8) is 0 Å².